The number of ether oxygens (including phenoxy) is 1. The zero-order valence-corrected chi connectivity index (χ0v) is 24.8. The fraction of sp³-hybridized carbons (Fsp3) is 0.250. The molecule has 1 heterocycles. The van der Waals surface area contributed by atoms with Gasteiger partial charge in [0.05, 0.1) is 16.9 Å². The molecule has 0 radical (unpaired) electrons. The fourth-order valence-electron chi connectivity index (χ4n) is 3.21. The van der Waals surface area contributed by atoms with E-state index in [4.69, 9.17) is 20.9 Å². The second-order valence-electron chi connectivity index (χ2n) is 8.89. The minimum absolute atomic E-state index is 0.0666. The Kier molecular flexibility index (Phi) is 10.6. The number of hydrogen-bond donors (Lipinski definition) is 1. The minimum Gasteiger partial charge on any atom is -0.430 e. The average Bonchev–Trinajstić information content (AvgIpc) is 3.33. The summed E-state index contributed by atoms with van der Waals surface area (Å²) in [6.45, 7) is 8.88. The molecule has 4 aromatic rings. The number of aliphatic imine (C=N–C) groups is 1. The zero-order chi connectivity index (χ0) is 28.6. The summed E-state index contributed by atoms with van der Waals surface area (Å²) in [6.07, 6.45) is 2.49. The van der Waals surface area contributed by atoms with Gasteiger partial charge in [-0.05, 0) is 80.8 Å². The summed E-state index contributed by atoms with van der Waals surface area (Å²) < 4.78 is 39.9. The molecule has 3 aromatic carbocycles. The van der Waals surface area contributed by atoms with Gasteiger partial charge in [0, 0.05) is 36.6 Å². The van der Waals surface area contributed by atoms with Gasteiger partial charge in [0.25, 0.3) is 15.3 Å². The number of halogens is 1. The van der Waals surface area contributed by atoms with Gasteiger partial charge in [0.2, 0.25) is 0 Å². The van der Waals surface area contributed by atoms with E-state index in [1.807, 2.05) is 75.5 Å². The van der Waals surface area contributed by atoms with Gasteiger partial charge in [-0.15, -0.1) is 0 Å². The smallest absolute Gasteiger partial charge is 0.298 e. The fourth-order valence-corrected chi connectivity index (χ4v) is 4.37. The molecular formula is C28H31ClN4O4S2. The van der Waals surface area contributed by atoms with E-state index in [0.29, 0.717) is 11.6 Å². The summed E-state index contributed by atoms with van der Waals surface area (Å²) in [4.78, 5) is 11.0. The Hall–Kier alpha value is -3.31. The van der Waals surface area contributed by atoms with Crippen molar-refractivity contribution in [2.45, 2.75) is 39.0 Å². The van der Waals surface area contributed by atoms with E-state index >= 15 is 0 Å². The van der Waals surface area contributed by atoms with Crippen molar-refractivity contribution in [1.29, 1.82) is 0 Å². The number of rotatable bonds is 8. The average molecular weight is 587 g/mol. The van der Waals surface area contributed by atoms with Crippen LogP contribution >= 0.6 is 23.1 Å². The highest BCUT2D eigenvalue weighted by Crippen LogP contribution is 2.32. The molecule has 0 atom stereocenters. The third-order valence-electron chi connectivity index (χ3n) is 5.63. The van der Waals surface area contributed by atoms with Gasteiger partial charge < -0.3 is 9.64 Å². The molecule has 0 aliphatic heterocycles. The maximum atomic E-state index is 10.5. The first kappa shape index (κ1) is 30.2. The lowest BCUT2D eigenvalue weighted by Crippen LogP contribution is -2.14. The topological polar surface area (TPSA) is 105 Å². The van der Waals surface area contributed by atoms with E-state index in [9.17, 15) is 8.42 Å². The normalized spacial score (nSPS) is 11.3. The molecule has 0 fully saturated rings. The van der Waals surface area contributed by atoms with Crippen molar-refractivity contribution in [2.75, 3.05) is 13.6 Å². The van der Waals surface area contributed by atoms with Crippen LogP contribution in [0.25, 0.3) is 0 Å². The van der Waals surface area contributed by atoms with Crippen LogP contribution in [0.15, 0.2) is 70.6 Å². The number of benzene rings is 3. The zero-order valence-electron chi connectivity index (χ0n) is 22.4. The van der Waals surface area contributed by atoms with Crippen molar-refractivity contribution >= 4 is 45.3 Å². The Morgan fingerprint density at radius 2 is 1.72 bits per heavy atom. The van der Waals surface area contributed by atoms with Gasteiger partial charge in [0.1, 0.15) is 5.75 Å². The molecule has 206 valence electrons. The van der Waals surface area contributed by atoms with E-state index in [1.54, 1.807) is 12.1 Å². The van der Waals surface area contributed by atoms with E-state index in [-0.39, 0.29) is 4.90 Å². The van der Waals surface area contributed by atoms with Crippen LogP contribution in [0.2, 0.25) is 5.02 Å². The first-order chi connectivity index (χ1) is 18.4. The van der Waals surface area contributed by atoms with Crippen LogP contribution in [0.5, 0.6) is 10.9 Å². The highest BCUT2D eigenvalue weighted by Gasteiger charge is 2.11. The first-order valence-corrected chi connectivity index (χ1v) is 14.7. The van der Waals surface area contributed by atoms with Gasteiger partial charge >= 0.3 is 0 Å². The van der Waals surface area contributed by atoms with E-state index in [2.05, 4.69) is 21.3 Å². The molecule has 39 heavy (non-hydrogen) atoms. The first-order valence-electron chi connectivity index (χ1n) is 12.1. The van der Waals surface area contributed by atoms with Crippen LogP contribution in [0, 0.1) is 20.8 Å². The SMILES string of the molecule is CCN(C)C=Nc1cc(C)c(Oc2nc(Cc3ccc(Cl)cc3)ns2)cc1C.Cc1ccc(S(=O)(=O)O)cc1. The molecular weight excluding hydrogens is 556 g/mol. The quantitative estimate of drug-likeness (QED) is 0.134. The number of nitrogens with zero attached hydrogens (tertiary/aromatic N) is 4. The van der Waals surface area contributed by atoms with Crippen LogP contribution in [-0.2, 0) is 16.5 Å². The van der Waals surface area contributed by atoms with Crippen molar-refractivity contribution in [3.05, 3.63) is 93.8 Å². The molecule has 1 N–H and O–H groups in total. The molecule has 0 unspecified atom stereocenters. The lowest BCUT2D eigenvalue weighted by atomic mass is 10.1. The number of hydrogen-bond acceptors (Lipinski definition) is 7. The highest BCUT2D eigenvalue weighted by molar-refractivity contribution is 7.85. The van der Waals surface area contributed by atoms with Crippen LogP contribution in [0.4, 0.5) is 5.69 Å². The molecule has 1 aromatic heterocycles. The Morgan fingerprint density at radius 3 is 2.33 bits per heavy atom. The molecule has 8 nitrogen and oxygen atoms in total. The number of aryl methyl sites for hydroxylation is 3. The summed E-state index contributed by atoms with van der Waals surface area (Å²) in [5.74, 6) is 1.51. The maximum absolute atomic E-state index is 10.5. The summed E-state index contributed by atoms with van der Waals surface area (Å²) in [5, 5.41) is 1.26. The van der Waals surface area contributed by atoms with E-state index in [1.165, 1.54) is 23.7 Å². The van der Waals surface area contributed by atoms with Crippen LogP contribution in [0.1, 0.15) is 35.0 Å². The molecule has 0 aliphatic carbocycles. The molecule has 0 spiro atoms. The third-order valence-corrected chi connectivity index (χ3v) is 7.38. The maximum Gasteiger partial charge on any atom is 0.298 e. The van der Waals surface area contributed by atoms with Crippen molar-refractivity contribution < 1.29 is 17.7 Å². The highest BCUT2D eigenvalue weighted by atomic mass is 35.5. The predicted octanol–water partition coefficient (Wildman–Crippen LogP) is 7.04. The van der Waals surface area contributed by atoms with Gasteiger partial charge in [-0.25, -0.2) is 4.99 Å². The summed E-state index contributed by atoms with van der Waals surface area (Å²) in [5.41, 5.74) is 5.06. The Labute approximate surface area is 238 Å². The van der Waals surface area contributed by atoms with E-state index < -0.39 is 10.1 Å². The second kappa shape index (κ2) is 13.7. The van der Waals surface area contributed by atoms with Crippen LogP contribution in [0.3, 0.4) is 0 Å². The lowest BCUT2D eigenvalue weighted by Gasteiger charge is -2.11. The van der Waals surface area contributed by atoms with E-state index in [0.717, 1.165) is 51.1 Å². The lowest BCUT2D eigenvalue weighted by molar-refractivity contribution is 0.473. The Balaban J connectivity index is 0.000000320. The van der Waals surface area contributed by atoms with Gasteiger partial charge in [-0.2, -0.15) is 17.8 Å². The molecule has 0 saturated carbocycles. The number of aromatic nitrogens is 2. The van der Waals surface area contributed by atoms with Crippen LogP contribution < -0.4 is 4.74 Å². The van der Waals surface area contributed by atoms with Crippen molar-refractivity contribution in [1.82, 2.24) is 14.3 Å². The van der Waals surface area contributed by atoms with Crippen molar-refractivity contribution in [3.8, 4) is 10.9 Å². The van der Waals surface area contributed by atoms with Crippen molar-refractivity contribution in [2.24, 2.45) is 4.99 Å². The minimum atomic E-state index is -4.02. The molecule has 0 amide bonds. The van der Waals surface area contributed by atoms with Gasteiger partial charge in [-0.3, -0.25) is 4.55 Å². The Morgan fingerprint density at radius 1 is 1.05 bits per heavy atom. The summed E-state index contributed by atoms with van der Waals surface area (Å²) >= 11 is 7.19. The molecule has 0 bridgehead atoms. The standard InChI is InChI=1S/C21H23ClN4OS.C7H8O3S/c1-5-26(4)13-23-18-10-15(3)19(11-14(18)2)27-21-24-20(25-28-21)12-16-6-8-17(22)9-7-16;1-6-2-4-7(5-3-6)11(8,9)10/h6-11,13H,5,12H2,1-4H3;2-5H,1H3,(H,8,9,10). The molecule has 4 rings (SSSR count). The van der Waals surface area contributed by atoms with Crippen LogP contribution in [-0.4, -0.2) is 47.2 Å². The summed E-state index contributed by atoms with van der Waals surface area (Å²) in [6, 6.07) is 17.7. The molecule has 0 aliphatic rings. The largest absolute Gasteiger partial charge is 0.430 e. The van der Waals surface area contributed by atoms with Gasteiger partial charge in [-0.1, -0.05) is 41.4 Å². The molecule has 0 saturated heterocycles. The Bertz CT molecular complexity index is 1520. The van der Waals surface area contributed by atoms with Crippen molar-refractivity contribution in [3.63, 3.8) is 0 Å². The monoisotopic (exact) mass is 586 g/mol. The summed E-state index contributed by atoms with van der Waals surface area (Å²) in [7, 11) is -2.02. The predicted molar refractivity (Wildman–Crippen MR) is 158 cm³/mol. The second-order valence-corrected chi connectivity index (χ2v) is 11.5. The third kappa shape index (κ3) is 9.43. The molecule has 11 heteroatoms. The van der Waals surface area contributed by atoms with Gasteiger partial charge in [0.15, 0.2) is 5.82 Å².